The van der Waals surface area contributed by atoms with E-state index in [4.69, 9.17) is 4.74 Å². The zero-order chi connectivity index (χ0) is 17.1. The minimum atomic E-state index is -0.282. The SMILES string of the molecule is COc1ccccc1/C=C1\SC(=O)N(Cc2cccc(Br)c2)C1=O. The van der Waals surface area contributed by atoms with E-state index in [9.17, 15) is 9.59 Å². The Balaban J connectivity index is 1.85. The van der Waals surface area contributed by atoms with Gasteiger partial charge in [0, 0.05) is 10.0 Å². The Labute approximate surface area is 152 Å². The van der Waals surface area contributed by atoms with Gasteiger partial charge >= 0.3 is 0 Å². The van der Waals surface area contributed by atoms with Gasteiger partial charge in [-0.3, -0.25) is 14.5 Å². The summed E-state index contributed by atoms with van der Waals surface area (Å²) in [5, 5.41) is -0.263. The first kappa shape index (κ1) is 16.8. The minimum absolute atomic E-state index is 0.257. The van der Waals surface area contributed by atoms with Gasteiger partial charge < -0.3 is 4.74 Å². The number of ether oxygens (including phenoxy) is 1. The van der Waals surface area contributed by atoms with Crippen LogP contribution in [0.25, 0.3) is 6.08 Å². The van der Waals surface area contributed by atoms with Crippen LogP contribution in [0.2, 0.25) is 0 Å². The highest BCUT2D eigenvalue weighted by atomic mass is 79.9. The molecule has 2 aromatic rings. The molecule has 24 heavy (non-hydrogen) atoms. The van der Waals surface area contributed by atoms with Gasteiger partial charge in [-0.25, -0.2) is 0 Å². The van der Waals surface area contributed by atoms with Crippen LogP contribution in [-0.2, 0) is 11.3 Å². The maximum atomic E-state index is 12.6. The Bertz CT molecular complexity index is 835. The topological polar surface area (TPSA) is 46.6 Å². The first-order valence-corrected chi connectivity index (χ1v) is 8.82. The normalized spacial score (nSPS) is 16.1. The zero-order valence-corrected chi connectivity index (χ0v) is 15.3. The fourth-order valence-electron chi connectivity index (χ4n) is 2.38. The van der Waals surface area contributed by atoms with Crippen molar-refractivity contribution in [2.45, 2.75) is 6.54 Å². The highest BCUT2D eigenvalue weighted by molar-refractivity contribution is 9.10. The van der Waals surface area contributed by atoms with E-state index in [2.05, 4.69) is 15.9 Å². The monoisotopic (exact) mass is 403 g/mol. The summed E-state index contributed by atoms with van der Waals surface area (Å²) >= 11 is 4.35. The van der Waals surface area contributed by atoms with Crippen molar-refractivity contribution in [3.05, 3.63) is 69.0 Å². The number of nitrogens with zero attached hydrogens (tertiary/aromatic N) is 1. The van der Waals surface area contributed by atoms with Crippen molar-refractivity contribution in [3.63, 3.8) is 0 Å². The number of methoxy groups -OCH3 is 1. The van der Waals surface area contributed by atoms with E-state index in [1.807, 2.05) is 48.5 Å². The molecule has 2 amide bonds. The zero-order valence-electron chi connectivity index (χ0n) is 12.9. The van der Waals surface area contributed by atoms with E-state index in [0.29, 0.717) is 10.7 Å². The third-order valence-electron chi connectivity index (χ3n) is 3.53. The summed E-state index contributed by atoms with van der Waals surface area (Å²) in [5.41, 5.74) is 1.66. The van der Waals surface area contributed by atoms with Crippen molar-refractivity contribution >= 4 is 44.9 Å². The lowest BCUT2D eigenvalue weighted by atomic mass is 10.1. The third kappa shape index (κ3) is 3.55. The molecule has 1 saturated heterocycles. The Morgan fingerprint density at radius 3 is 2.71 bits per heavy atom. The van der Waals surface area contributed by atoms with E-state index in [0.717, 1.165) is 27.4 Å². The third-order valence-corrected chi connectivity index (χ3v) is 4.93. The van der Waals surface area contributed by atoms with E-state index in [1.54, 1.807) is 13.2 Å². The van der Waals surface area contributed by atoms with Crippen molar-refractivity contribution in [2.24, 2.45) is 0 Å². The average molecular weight is 404 g/mol. The highest BCUT2D eigenvalue weighted by Gasteiger charge is 2.35. The maximum absolute atomic E-state index is 12.6. The number of para-hydroxylation sites is 1. The molecule has 0 unspecified atom stereocenters. The number of imide groups is 1. The molecule has 1 heterocycles. The molecule has 0 bridgehead atoms. The summed E-state index contributed by atoms with van der Waals surface area (Å²) in [7, 11) is 1.58. The molecule has 122 valence electrons. The second-order valence-electron chi connectivity index (χ2n) is 5.14. The number of benzene rings is 2. The van der Waals surface area contributed by atoms with Gasteiger partial charge in [0.05, 0.1) is 18.6 Å². The number of amides is 2. The lowest BCUT2D eigenvalue weighted by Crippen LogP contribution is -2.27. The molecule has 0 radical (unpaired) electrons. The van der Waals surface area contributed by atoms with Gasteiger partial charge in [0.1, 0.15) is 5.75 Å². The minimum Gasteiger partial charge on any atom is -0.496 e. The number of carbonyl (C=O) groups excluding carboxylic acids is 2. The molecular weight excluding hydrogens is 390 g/mol. The molecular formula is C18H14BrNO3S. The summed E-state index contributed by atoms with van der Waals surface area (Å²) in [6.45, 7) is 0.257. The fourth-order valence-corrected chi connectivity index (χ4v) is 3.66. The highest BCUT2D eigenvalue weighted by Crippen LogP contribution is 2.34. The standard InChI is InChI=1S/C18H14BrNO3S/c1-23-15-8-3-2-6-13(15)10-16-17(21)20(18(22)24-16)11-12-5-4-7-14(19)9-12/h2-10H,11H2,1H3/b16-10-. The van der Waals surface area contributed by atoms with Crippen LogP contribution in [0, 0.1) is 0 Å². The molecule has 0 atom stereocenters. The first-order valence-electron chi connectivity index (χ1n) is 7.21. The molecule has 3 rings (SSSR count). The first-order chi connectivity index (χ1) is 11.6. The number of hydrogen-bond donors (Lipinski definition) is 0. The second kappa shape index (κ2) is 7.23. The summed E-state index contributed by atoms with van der Waals surface area (Å²) in [4.78, 5) is 26.4. The largest absolute Gasteiger partial charge is 0.496 e. The van der Waals surface area contributed by atoms with Crippen LogP contribution in [0.3, 0.4) is 0 Å². The number of hydrogen-bond acceptors (Lipinski definition) is 4. The molecule has 1 aliphatic heterocycles. The number of carbonyl (C=O) groups is 2. The van der Waals surface area contributed by atoms with Crippen LogP contribution in [0.1, 0.15) is 11.1 Å². The summed E-state index contributed by atoms with van der Waals surface area (Å²) in [6.07, 6.45) is 1.70. The molecule has 0 N–H and O–H groups in total. The summed E-state index contributed by atoms with van der Waals surface area (Å²) in [5.74, 6) is 0.382. The van der Waals surface area contributed by atoms with Crippen LogP contribution in [0.4, 0.5) is 4.79 Å². The molecule has 4 nitrogen and oxygen atoms in total. The van der Waals surface area contributed by atoms with Gasteiger partial charge in [-0.1, -0.05) is 46.3 Å². The molecule has 1 aliphatic rings. The van der Waals surface area contributed by atoms with Crippen LogP contribution in [0.5, 0.6) is 5.75 Å². The number of halogens is 1. The van der Waals surface area contributed by atoms with Crippen molar-refractivity contribution in [2.75, 3.05) is 7.11 Å². The Morgan fingerprint density at radius 1 is 1.17 bits per heavy atom. The van der Waals surface area contributed by atoms with Gasteiger partial charge in [0.25, 0.3) is 11.1 Å². The second-order valence-corrected chi connectivity index (χ2v) is 7.05. The van der Waals surface area contributed by atoms with E-state index in [-0.39, 0.29) is 17.7 Å². The molecule has 2 aromatic carbocycles. The van der Waals surface area contributed by atoms with Gasteiger partial charge in [-0.05, 0) is 41.6 Å². The maximum Gasteiger partial charge on any atom is 0.293 e. The van der Waals surface area contributed by atoms with E-state index < -0.39 is 0 Å². The van der Waals surface area contributed by atoms with E-state index >= 15 is 0 Å². The average Bonchev–Trinajstić information content (AvgIpc) is 2.83. The van der Waals surface area contributed by atoms with Crippen molar-refractivity contribution < 1.29 is 14.3 Å². The van der Waals surface area contributed by atoms with E-state index in [1.165, 1.54) is 4.90 Å². The van der Waals surface area contributed by atoms with Crippen molar-refractivity contribution in [3.8, 4) is 5.75 Å². The van der Waals surface area contributed by atoms with Crippen molar-refractivity contribution in [1.82, 2.24) is 4.90 Å². The van der Waals surface area contributed by atoms with Crippen molar-refractivity contribution in [1.29, 1.82) is 0 Å². The molecule has 0 aromatic heterocycles. The molecule has 0 spiro atoms. The van der Waals surface area contributed by atoms with Gasteiger partial charge in [0.15, 0.2) is 0 Å². The summed E-state index contributed by atoms with van der Waals surface area (Å²) in [6, 6.07) is 14.9. The quantitative estimate of drug-likeness (QED) is 0.694. The predicted octanol–water partition coefficient (Wildman–Crippen LogP) is 4.69. The lowest BCUT2D eigenvalue weighted by Gasteiger charge is -2.12. The lowest BCUT2D eigenvalue weighted by molar-refractivity contribution is -0.123. The van der Waals surface area contributed by atoms with Crippen LogP contribution < -0.4 is 4.74 Å². The molecule has 0 aliphatic carbocycles. The van der Waals surface area contributed by atoms with Crippen LogP contribution in [-0.4, -0.2) is 23.2 Å². The van der Waals surface area contributed by atoms with Gasteiger partial charge in [-0.2, -0.15) is 0 Å². The van der Waals surface area contributed by atoms with Crippen LogP contribution >= 0.6 is 27.7 Å². The number of thioether (sulfide) groups is 1. The summed E-state index contributed by atoms with van der Waals surface area (Å²) < 4.78 is 6.20. The fraction of sp³-hybridized carbons (Fsp3) is 0.111. The number of rotatable bonds is 4. The van der Waals surface area contributed by atoms with Crippen LogP contribution in [0.15, 0.2) is 57.9 Å². The predicted molar refractivity (Wildman–Crippen MR) is 98.7 cm³/mol. The Kier molecular flexibility index (Phi) is 5.06. The van der Waals surface area contributed by atoms with Gasteiger partial charge in [-0.15, -0.1) is 0 Å². The molecule has 0 saturated carbocycles. The smallest absolute Gasteiger partial charge is 0.293 e. The Morgan fingerprint density at radius 2 is 1.96 bits per heavy atom. The van der Waals surface area contributed by atoms with Gasteiger partial charge in [0.2, 0.25) is 0 Å². The molecule has 6 heteroatoms. The molecule has 1 fully saturated rings. The Hall–Kier alpha value is -2.05.